The van der Waals surface area contributed by atoms with Gasteiger partial charge in [-0.05, 0) is 0 Å². The van der Waals surface area contributed by atoms with Gasteiger partial charge < -0.3 is 0 Å². The third kappa shape index (κ3) is 5.97. The number of sulfonamides is 1. The van der Waals surface area contributed by atoms with Gasteiger partial charge in [-0.1, -0.05) is 0 Å². The van der Waals surface area contributed by atoms with Crippen LogP contribution in [0.15, 0.2) is 57.0 Å². The van der Waals surface area contributed by atoms with E-state index in [1.165, 1.54) is 23.1 Å². The SMILES string of the molecule is CCO[PH]1(O)N=C(C2=C(O)[C@H](C(C)(C)C)N(Cc3ccc(F)c(Br)c3)C2=O)Nc2ccc(NS(C)(=O)=O)cc21. The van der Waals surface area contributed by atoms with Crippen LogP contribution in [0, 0.1) is 11.2 Å². The fourth-order valence-electron chi connectivity index (χ4n) is 4.75. The van der Waals surface area contributed by atoms with Crippen LogP contribution in [-0.4, -0.2) is 54.0 Å². The number of rotatable bonds is 7. The molecule has 0 unspecified atom stereocenters. The summed E-state index contributed by atoms with van der Waals surface area (Å²) in [5.41, 5.74) is 0.528. The molecule has 14 heteroatoms. The third-order valence-corrected chi connectivity index (χ3v) is 9.78. The molecule has 39 heavy (non-hydrogen) atoms. The van der Waals surface area contributed by atoms with Crippen molar-refractivity contribution in [3.8, 4) is 0 Å². The quantitative estimate of drug-likeness (QED) is 0.331. The van der Waals surface area contributed by atoms with E-state index in [2.05, 4.69) is 30.7 Å². The van der Waals surface area contributed by atoms with Crippen LogP contribution in [0.5, 0.6) is 0 Å². The number of aliphatic hydroxyl groups excluding tert-OH is 1. The molecule has 2 heterocycles. The summed E-state index contributed by atoms with van der Waals surface area (Å²) in [5, 5.41) is 14.7. The Labute approximate surface area is 235 Å². The van der Waals surface area contributed by atoms with Crippen molar-refractivity contribution in [2.75, 3.05) is 22.9 Å². The van der Waals surface area contributed by atoms with Crippen LogP contribution in [0.25, 0.3) is 0 Å². The van der Waals surface area contributed by atoms with Gasteiger partial charge >= 0.3 is 236 Å². The first-order valence-electron chi connectivity index (χ1n) is 12.1. The van der Waals surface area contributed by atoms with Crippen molar-refractivity contribution >= 4 is 62.2 Å². The summed E-state index contributed by atoms with van der Waals surface area (Å²) in [6, 6.07) is 8.18. The molecule has 0 saturated heterocycles. The number of hydrogen-bond acceptors (Lipinski definition) is 8. The van der Waals surface area contributed by atoms with Crippen molar-refractivity contribution in [2.45, 2.75) is 40.3 Å². The summed E-state index contributed by atoms with van der Waals surface area (Å²) in [6.45, 7) is 7.50. The van der Waals surface area contributed by atoms with E-state index in [-0.39, 0.29) is 45.8 Å². The standard InChI is InChI=1S/C25H31BrFN4O6PS/c1-6-37-38(34)19-12-15(30-39(5,35)36)8-10-18(19)28-23(29-38)20-21(32)22(25(2,3)4)31(24(20)33)13-14-7-9-17(27)16(26)11-14/h7-12,22,30,32,34,38H,6,13H2,1-5H3,(H,28,29)/t22-/m1/s1. The van der Waals surface area contributed by atoms with E-state index in [4.69, 9.17) is 4.52 Å². The molecule has 0 fully saturated rings. The Bertz CT molecular complexity index is 1510. The predicted octanol–water partition coefficient (Wildman–Crippen LogP) is 4.20. The van der Waals surface area contributed by atoms with Gasteiger partial charge in [0, 0.05) is 0 Å². The fourth-order valence-corrected chi connectivity index (χ4v) is 7.79. The van der Waals surface area contributed by atoms with Gasteiger partial charge in [0.05, 0.1) is 0 Å². The van der Waals surface area contributed by atoms with E-state index in [1.54, 1.807) is 25.1 Å². The van der Waals surface area contributed by atoms with Gasteiger partial charge in [0.15, 0.2) is 0 Å². The molecule has 0 radical (unpaired) electrons. The van der Waals surface area contributed by atoms with Crippen molar-refractivity contribution in [1.29, 1.82) is 0 Å². The number of hydrogen-bond donors (Lipinski definition) is 4. The van der Waals surface area contributed by atoms with Crippen molar-refractivity contribution in [2.24, 2.45) is 10.2 Å². The van der Waals surface area contributed by atoms with E-state index >= 15 is 0 Å². The van der Waals surface area contributed by atoms with Crippen LogP contribution in [0.2, 0.25) is 0 Å². The van der Waals surface area contributed by atoms with Gasteiger partial charge in [0.1, 0.15) is 0 Å². The molecule has 4 N–H and O–H groups in total. The molecule has 2 aromatic rings. The third-order valence-electron chi connectivity index (χ3n) is 6.23. The summed E-state index contributed by atoms with van der Waals surface area (Å²) >= 11 is 3.17. The number of aliphatic hydroxyl groups is 1. The fraction of sp³-hybridized carbons (Fsp3) is 0.360. The molecule has 0 saturated carbocycles. The van der Waals surface area contributed by atoms with Gasteiger partial charge in [-0.15, -0.1) is 0 Å². The Hall–Kier alpha value is -2.57. The zero-order valence-electron chi connectivity index (χ0n) is 22.0. The molecule has 1 amide bonds. The summed E-state index contributed by atoms with van der Waals surface area (Å²) in [7, 11) is -7.68. The molecule has 2 aliphatic rings. The summed E-state index contributed by atoms with van der Waals surface area (Å²) in [6.07, 6.45) is 1.01. The van der Waals surface area contributed by atoms with E-state index in [0.717, 1.165) is 6.26 Å². The Morgan fingerprint density at radius 1 is 1.26 bits per heavy atom. The van der Waals surface area contributed by atoms with Crippen LogP contribution in [0.4, 0.5) is 15.8 Å². The minimum absolute atomic E-state index is 0.0477. The Morgan fingerprint density at radius 3 is 2.54 bits per heavy atom. The monoisotopic (exact) mass is 644 g/mol. The van der Waals surface area contributed by atoms with Crippen molar-refractivity contribution < 1.29 is 32.1 Å². The first-order valence-corrected chi connectivity index (χ1v) is 16.6. The number of fused-ring (bicyclic) bond motifs is 1. The summed E-state index contributed by atoms with van der Waals surface area (Å²) in [5.74, 6) is -1.22. The second kappa shape index (κ2) is 10.4. The van der Waals surface area contributed by atoms with Crippen LogP contribution < -0.4 is 15.3 Å². The maximum atomic E-state index is 13.8. The molecule has 212 valence electrons. The molecule has 4 rings (SSSR count). The van der Waals surface area contributed by atoms with Crippen LogP contribution in [0.3, 0.4) is 0 Å². The zero-order chi connectivity index (χ0) is 28.9. The molecule has 0 aliphatic carbocycles. The van der Waals surface area contributed by atoms with Gasteiger partial charge in [-0.25, -0.2) is 0 Å². The molecular weight excluding hydrogens is 614 g/mol. The van der Waals surface area contributed by atoms with E-state index < -0.39 is 41.1 Å². The maximum absolute atomic E-state index is 13.8. The molecular formula is C25H31BrFN4O6PS. The number of halogens is 2. The van der Waals surface area contributed by atoms with Gasteiger partial charge in [0.2, 0.25) is 0 Å². The van der Waals surface area contributed by atoms with Gasteiger partial charge in [-0.3, -0.25) is 0 Å². The summed E-state index contributed by atoms with van der Waals surface area (Å²) < 4.78 is 50.0. The molecule has 2 aromatic carbocycles. The number of amidine groups is 1. The van der Waals surface area contributed by atoms with E-state index in [9.17, 15) is 27.6 Å². The zero-order valence-corrected chi connectivity index (χ0v) is 25.4. The van der Waals surface area contributed by atoms with Crippen LogP contribution in [-0.2, 0) is 25.9 Å². The second-order valence-corrected chi connectivity index (χ2v) is 15.3. The number of carbonyl (C=O) groups excluding carboxylic acids is 1. The molecule has 0 spiro atoms. The number of nitrogens with zero attached hydrogens (tertiary/aromatic N) is 2. The van der Waals surface area contributed by atoms with Crippen LogP contribution in [0.1, 0.15) is 33.3 Å². The van der Waals surface area contributed by atoms with Crippen molar-refractivity contribution in [3.05, 3.63) is 63.6 Å². The second-order valence-electron chi connectivity index (χ2n) is 10.5. The first-order chi connectivity index (χ1) is 18.0. The topological polar surface area (TPSA) is 141 Å². The Kier molecular flexibility index (Phi) is 7.87. The van der Waals surface area contributed by atoms with Crippen LogP contribution >= 0.6 is 23.8 Å². The number of benzene rings is 2. The normalized spacial score (nSPS) is 19.9. The van der Waals surface area contributed by atoms with Gasteiger partial charge in [-0.2, -0.15) is 0 Å². The van der Waals surface area contributed by atoms with Crippen molar-refractivity contribution in [1.82, 2.24) is 4.90 Å². The van der Waals surface area contributed by atoms with E-state index in [0.29, 0.717) is 11.3 Å². The summed E-state index contributed by atoms with van der Waals surface area (Å²) in [4.78, 5) is 26.9. The predicted molar refractivity (Wildman–Crippen MR) is 155 cm³/mol. The molecule has 2 aliphatic heterocycles. The minimum atomic E-state index is -4.10. The average Bonchev–Trinajstić information content (AvgIpc) is 3.05. The number of nitrogens with one attached hydrogen (secondary N) is 2. The van der Waals surface area contributed by atoms with Crippen molar-refractivity contribution in [3.63, 3.8) is 0 Å². The number of amides is 1. The first kappa shape index (κ1) is 29.4. The van der Waals surface area contributed by atoms with E-state index in [1.807, 2.05) is 20.8 Å². The molecule has 10 nitrogen and oxygen atoms in total. The molecule has 1 atom stereocenters. The molecule has 0 aromatic heterocycles. The van der Waals surface area contributed by atoms with Gasteiger partial charge in [0.25, 0.3) is 0 Å². The number of carbonyl (C=O) groups is 1. The molecule has 0 bridgehead atoms. The Balaban J connectivity index is 1.78. The number of anilines is 2. The Morgan fingerprint density at radius 2 is 1.95 bits per heavy atom. The average molecular weight is 645 g/mol.